The van der Waals surface area contributed by atoms with E-state index in [1.54, 1.807) is 0 Å². The second kappa shape index (κ2) is 6.71. The van der Waals surface area contributed by atoms with E-state index in [0.29, 0.717) is 6.04 Å². The first-order chi connectivity index (χ1) is 8.78. The Morgan fingerprint density at radius 1 is 1.28 bits per heavy atom. The van der Waals surface area contributed by atoms with Gasteiger partial charge in [0, 0.05) is 24.8 Å². The zero-order valence-corrected chi connectivity index (χ0v) is 11.7. The third kappa shape index (κ3) is 3.96. The summed E-state index contributed by atoms with van der Waals surface area (Å²) in [6, 6.07) is 10.6. The third-order valence-corrected chi connectivity index (χ3v) is 3.62. The van der Waals surface area contributed by atoms with Gasteiger partial charge in [0.25, 0.3) is 0 Å². The summed E-state index contributed by atoms with van der Waals surface area (Å²) >= 11 is 5.34. The van der Waals surface area contributed by atoms with Crippen LogP contribution in [0.15, 0.2) is 30.3 Å². The Morgan fingerprint density at radius 2 is 1.94 bits per heavy atom. The van der Waals surface area contributed by atoms with E-state index in [9.17, 15) is 0 Å². The average Bonchev–Trinajstić information content (AvgIpc) is 2.40. The zero-order valence-electron chi connectivity index (χ0n) is 10.9. The van der Waals surface area contributed by atoms with Gasteiger partial charge in [-0.1, -0.05) is 25.1 Å². The molecule has 3 nitrogen and oxygen atoms in total. The molecule has 0 aliphatic carbocycles. The number of rotatable bonds is 3. The number of thiocarbonyl (C=S) groups is 1. The predicted molar refractivity (Wildman–Crippen MR) is 80.9 cm³/mol. The molecule has 2 N–H and O–H groups in total. The normalized spacial score (nSPS) is 17.4. The van der Waals surface area contributed by atoms with Crippen molar-refractivity contribution in [3.63, 3.8) is 0 Å². The number of anilines is 1. The standard InChI is InChI=1S/C14H21N3S/c1-2-17-10-8-13(9-11-17)16-14(18)15-12-6-4-3-5-7-12/h3-7,13H,2,8-11H2,1H3,(H2,15,16,18). The number of nitrogens with one attached hydrogen (secondary N) is 2. The molecular weight excluding hydrogens is 242 g/mol. The van der Waals surface area contributed by atoms with Crippen molar-refractivity contribution in [2.75, 3.05) is 25.0 Å². The molecule has 0 bridgehead atoms. The Balaban J connectivity index is 1.75. The molecule has 1 heterocycles. The Hall–Kier alpha value is -1.13. The van der Waals surface area contributed by atoms with Crippen LogP contribution in [0.4, 0.5) is 5.69 Å². The van der Waals surface area contributed by atoms with E-state index >= 15 is 0 Å². The van der Waals surface area contributed by atoms with Crippen LogP contribution in [0.2, 0.25) is 0 Å². The number of benzene rings is 1. The van der Waals surface area contributed by atoms with Gasteiger partial charge in [-0.3, -0.25) is 0 Å². The SMILES string of the molecule is CCN1CCC(NC(=S)Nc2ccccc2)CC1. The number of likely N-dealkylation sites (tertiary alicyclic amines) is 1. The fraction of sp³-hybridized carbons (Fsp3) is 0.500. The first-order valence-electron chi connectivity index (χ1n) is 6.63. The van der Waals surface area contributed by atoms with Crippen LogP contribution < -0.4 is 10.6 Å². The maximum atomic E-state index is 5.34. The summed E-state index contributed by atoms with van der Waals surface area (Å²) in [5.41, 5.74) is 1.04. The molecule has 0 atom stereocenters. The molecule has 1 aromatic carbocycles. The summed E-state index contributed by atoms with van der Waals surface area (Å²) in [6.07, 6.45) is 2.34. The van der Waals surface area contributed by atoms with Gasteiger partial charge >= 0.3 is 0 Å². The lowest BCUT2D eigenvalue weighted by molar-refractivity contribution is 0.216. The highest BCUT2D eigenvalue weighted by atomic mass is 32.1. The summed E-state index contributed by atoms with van der Waals surface area (Å²) in [7, 11) is 0. The summed E-state index contributed by atoms with van der Waals surface area (Å²) < 4.78 is 0. The topological polar surface area (TPSA) is 27.3 Å². The van der Waals surface area contributed by atoms with Crippen molar-refractivity contribution in [3.05, 3.63) is 30.3 Å². The smallest absolute Gasteiger partial charge is 0.170 e. The van der Waals surface area contributed by atoms with Crippen LogP contribution in [0, 0.1) is 0 Å². The van der Waals surface area contributed by atoms with Crippen LogP contribution >= 0.6 is 12.2 Å². The zero-order chi connectivity index (χ0) is 12.8. The monoisotopic (exact) mass is 263 g/mol. The first-order valence-corrected chi connectivity index (χ1v) is 7.03. The first kappa shape index (κ1) is 13.3. The molecule has 1 aromatic rings. The minimum atomic E-state index is 0.511. The van der Waals surface area contributed by atoms with Crippen LogP contribution in [0.25, 0.3) is 0 Å². The molecule has 0 radical (unpaired) electrons. The molecule has 1 fully saturated rings. The van der Waals surface area contributed by atoms with Gasteiger partial charge in [0.15, 0.2) is 5.11 Å². The van der Waals surface area contributed by atoms with Gasteiger partial charge in [0.1, 0.15) is 0 Å². The number of hydrogen-bond acceptors (Lipinski definition) is 2. The van der Waals surface area contributed by atoms with Crippen LogP contribution in [-0.2, 0) is 0 Å². The van der Waals surface area contributed by atoms with Gasteiger partial charge in [-0.05, 0) is 43.7 Å². The molecule has 0 amide bonds. The predicted octanol–water partition coefficient (Wildman–Crippen LogP) is 2.46. The van der Waals surface area contributed by atoms with Crippen molar-refractivity contribution in [1.82, 2.24) is 10.2 Å². The van der Waals surface area contributed by atoms with Crippen molar-refractivity contribution in [1.29, 1.82) is 0 Å². The molecule has 0 spiro atoms. The highest BCUT2D eigenvalue weighted by molar-refractivity contribution is 7.80. The van der Waals surface area contributed by atoms with Crippen molar-refractivity contribution in [2.45, 2.75) is 25.8 Å². The molecule has 0 saturated carbocycles. The number of hydrogen-bond donors (Lipinski definition) is 2. The van der Waals surface area contributed by atoms with Crippen molar-refractivity contribution in [3.8, 4) is 0 Å². The fourth-order valence-corrected chi connectivity index (χ4v) is 2.55. The lowest BCUT2D eigenvalue weighted by Gasteiger charge is -2.32. The van der Waals surface area contributed by atoms with Gasteiger partial charge in [-0.25, -0.2) is 0 Å². The quantitative estimate of drug-likeness (QED) is 0.819. The molecule has 18 heavy (non-hydrogen) atoms. The van der Waals surface area contributed by atoms with E-state index in [1.165, 1.54) is 25.9 Å². The summed E-state index contributed by atoms with van der Waals surface area (Å²) in [5.74, 6) is 0. The lowest BCUT2D eigenvalue weighted by atomic mass is 10.1. The van der Waals surface area contributed by atoms with Crippen LogP contribution in [0.3, 0.4) is 0 Å². The third-order valence-electron chi connectivity index (χ3n) is 3.40. The van der Waals surface area contributed by atoms with Crippen LogP contribution in [-0.4, -0.2) is 35.7 Å². The van der Waals surface area contributed by atoms with E-state index in [2.05, 4.69) is 22.5 Å². The van der Waals surface area contributed by atoms with E-state index in [1.807, 2.05) is 30.3 Å². The average molecular weight is 263 g/mol. The number of nitrogens with zero attached hydrogens (tertiary/aromatic N) is 1. The lowest BCUT2D eigenvalue weighted by Crippen LogP contribution is -2.45. The van der Waals surface area contributed by atoms with Gasteiger partial charge in [-0.15, -0.1) is 0 Å². The molecule has 0 unspecified atom stereocenters. The van der Waals surface area contributed by atoms with Crippen LogP contribution in [0.5, 0.6) is 0 Å². The number of piperidine rings is 1. The van der Waals surface area contributed by atoms with E-state index in [4.69, 9.17) is 12.2 Å². The molecule has 0 aromatic heterocycles. The van der Waals surface area contributed by atoms with Gasteiger partial charge in [-0.2, -0.15) is 0 Å². The van der Waals surface area contributed by atoms with Crippen LogP contribution in [0.1, 0.15) is 19.8 Å². The number of para-hydroxylation sites is 1. The summed E-state index contributed by atoms with van der Waals surface area (Å²) in [5, 5.41) is 7.36. The molecule has 2 rings (SSSR count). The molecule has 1 aliphatic rings. The van der Waals surface area contributed by atoms with Crippen molar-refractivity contribution < 1.29 is 0 Å². The van der Waals surface area contributed by atoms with Crippen molar-refractivity contribution >= 4 is 23.0 Å². The fourth-order valence-electron chi connectivity index (χ4n) is 2.27. The van der Waals surface area contributed by atoms with E-state index in [0.717, 1.165) is 17.3 Å². The Kier molecular flexibility index (Phi) is 4.96. The maximum Gasteiger partial charge on any atom is 0.170 e. The van der Waals surface area contributed by atoms with E-state index in [-0.39, 0.29) is 0 Å². The van der Waals surface area contributed by atoms with Crippen molar-refractivity contribution in [2.24, 2.45) is 0 Å². The molecule has 4 heteroatoms. The second-order valence-corrected chi connectivity index (χ2v) is 5.08. The highest BCUT2D eigenvalue weighted by Crippen LogP contribution is 2.10. The Bertz CT molecular complexity index is 372. The minimum Gasteiger partial charge on any atom is -0.360 e. The summed E-state index contributed by atoms with van der Waals surface area (Å²) in [4.78, 5) is 2.48. The largest absolute Gasteiger partial charge is 0.360 e. The molecule has 1 aliphatic heterocycles. The van der Waals surface area contributed by atoms with E-state index < -0.39 is 0 Å². The Labute approximate surface area is 115 Å². The van der Waals surface area contributed by atoms with Gasteiger partial charge in [0.2, 0.25) is 0 Å². The van der Waals surface area contributed by atoms with Gasteiger partial charge < -0.3 is 15.5 Å². The Morgan fingerprint density at radius 3 is 2.56 bits per heavy atom. The second-order valence-electron chi connectivity index (χ2n) is 4.67. The minimum absolute atomic E-state index is 0.511. The maximum absolute atomic E-state index is 5.34. The molecular formula is C14H21N3S. The highest BCUT2D eigenvalue weighted by Gasteiger charge is 2.18. The molecule has 98 valence electrons. The summed E-state index contributed by atoms with van der Waals surface area (Å²) in [6.45, 7) is 5.71. The van der Waals surface area contributed by atoms with Gasteiger partial charge in [0.05, 0.1) is 0 Å². The molecule has 1 saturated heterocycles.